The van der Waals surface area contributed by atoms with Gasteiger partial charge in [-0.15, -0.1) is 0 Å². The molecule has 0 aliphatic rings. The number of nitro groups is 1. The van der Waals surface area contributed by atoms with E-state index >= 15 is 0 Å². The maximum atomic E-state index is 11.0. The smallest absolute Gasteiger partial charge is 0.293 e. The van der Waals surface area contributed by atoms with Crippen LogP contribution in [0.1, 0.15) is 29.6 Å². The summed E-state index contributed by atoms with van der Waals surface area (Å²) in [6.07, 6.45) is 5.25. The number of benzene rings is 1. The summed E-state index contributed by atoms with van der Waals surface area (Å²) >= 11 is 1.81. The van der Waals surface area contributed by atoms with Gasteiger partial charge in [-0.1, -0.05) is 6.42 Å². The van der Waals surface area contributed by atoms with E-state index in [0.29, 0.717) is 12.2 Å². The summed E-state index contributed by atoms with van der Waals surface area (Å²) in [5.74, 6) is 0.463. The number of nitrogens with one attached hydrogen (secondary N) is 1. The van der Waals surface area contributed by atoms with Crippen molar-refractivity contribution >= 4 is 29.0 Å². The summed E-state index contributed by atoms with van der Waals surface area (Å²) < 4.78 is 0. The highest BCUT2D eigenvalue weighted by molar-refractivity contribution is 7.98. The summed E-state index contributed by atoms with van der Waals surface area (Å²) in [7, 11) is 0. The normalized spacial score (nSPS) is 10.2. The van der Waals surface area contributed by atoms with Gasteiger partial charge < -0.3 is 11.1 Å². The second kappa shape index (κ2) is 8.42. The first-order valence-corrected chi connectivity index (χ1v) is 7.76. The standard InChI is InChI=1S/C13H19N3O3S/c1-20-8-4-2-3-7-15-11-6-5-10(13(14)17)9-12(11)16(18)19/h5-6,9,15H,2-4,7-8H2,1H3,(H2,14,17). The van der Waals surface area contributed by atoms with Crippen molar-refractivity contribution < 1.29 is 9.72 Å². The Morgan fingerprint density at radius 2 is 2.15 bits per heavy atom. The Morgan fingerprint density at radius 1 is 1.40 bits per heavy atom. The SMILES string of the molecule is CSCCCCCNc1ccc(C(N)=O)cc1[N+](=O)[O-]. The third-order valence-electron chi connectivity index (χ3n) is 2.82. The minimum absolute atomic E-state index is 0.120. The molecule has 0 aromatic heterocycles. The Morgan fingerprint density at radius 3 is 2.75 bits per heavy atom. The van der Waals surface area contributed by atoms with Crippen molar-refractivity contribution in [3.05, 3.63) is 33.9 Å². The third-order valence-corrected chi connectivity index (χ3v) is 3.52. The van der Waals surface area contributed by atoms with Gasteiger partial charge in [-0.3, -0.25) is 14.9 Å². The number of nitrogens with zero attached hydrogens (tertiary/aromatic N) is 1. The van der Waals surface area contributed by atoms with Crippen LogP contribution in [0.25, 0.3) is 0 Å². The monoisotopic (exact) mass is 297 g/mol. The molecule has 0 saturated heterocycles. The van der Waals surface area contributed by atoms with E-state index in [1.54, 1.807) is 0 Å². The number of unbranched alkanes of at least 4 members (excludes halogenated alkanes) is 2. The number of carbonyl (C=O) groups is 1. The minimum atomic E-state index is -0.670. The molecular weight excluding hydrogens is 278 g/mol. The molecule has 20 heavy (non-hydrogen) atoms. The van der Waals surface area contributed by atoms with Gasteiger partial charge in [-0.25, -0.2) is 0 Å². The van der Waals surface area contributed by atoms with Gasteiger partial charge in [0, 0.05) is 18.2 Å². The number of hydrogen-bond donors (Lipinski definition) is 2. The fourth-order valence-corrected chi connectivity index (χ4v) is 2.25. The van der Waals surface area contributed by atoms with Crippen LogP contribution in [0.15, 0.2) is 18.2 Å². The van der Waals surface area contributed by atoms with Crippen molar-refractivity contribution in [3.63, 3.8) is 0 Å². The molecule has 0 bridgehead atoms. The molecule has 1 amide bonds. The Kier molecular flexibility index (Phi) is 6.86. The average molecular weight is 297 g/mol. The van der Waals surface area contributed by atoms with E-state index in [1.807, 2.05) is 11.8 Å². The van der Waals surface area contributed by atoms with Gasteiger partial charge in [0.25, 0.3) is 5.69 Å². The molecule has 0 spiro atoms. The van der Waals surface area contributed by atoms with Crippen LogP contribution in [0.3, 0.4) is 0 Å². The fourth-order valence-electron chi connectivity index (χ4n) is 1.76. The van der Waals surface area contributed by atoms with Gasteiger partial charge in [0.1, 0.15) is 5.69 Å². The van der Waals surface area contributed by atoms with E-state index < -0.39 is 10.8 Å². The van der Waals surface area contributed by atoms with Crippen molar-refractivity contribution in [2.45, 2.75) is 19.3 Å². The van der Waals surface area contributed by atoms with E-state index in [4.69, 9.17) is 5.73 Å². The van der Waals surface area contributed by atoms with Crippen molar-refractivity contribution in [2.75, 3.05) is 23.9 Å². The largest absolute Gasteiger partial charge is 0.379 e. The topological polar surface area (TPSA) is 98.3 Å². The van der Waals surface area contributed by atoms with E-state index in [1.165, 1.54) is 18.2 Å². The molecule has 1 aromatic rings. The van der Waals surface area contributed by atoms with Crippen molar-refractivity contribution in [1.29, 1.82) is 0 Å². The maximum absolute atomic E-state index is 11.0. The van der Waals surface area contributed by atoms with Gasteiger partial charge in [-0.05, 0) is 37.0 Å². The van der Waals surface area contributed by atoms with Crippen LogP contribution in [0.5, 0.6) is 0 Å². The van der Waals surface area contributed by atoms with Crippen LogP contribution in [0.2, 0.25) is 0 Å². The fraction of sp³-hybridized carbons (Fsp3) is 0.462. The molecule has 110 valence electrons. The summed E-state index contributed by atoms with van der Waals surface area (Å²) in [6, 6.07) is 4.23. The van der Waals surface area contributed by atoms with Crippen LogP contribution in [-0.4, -0.2) is 29.4 Å². The number of carbonyl (C=O) groups excluding carboxylic acids is 1. The highest BCUT2D eigenvalue weighted by Gasteiger charge is 2.15. The highest BCUT2D eigenvalue weighted by Crippen LogP contribution is 2.25. The molecule has 0 atom stereocenters. The number of nitrogens with two attached hydrogens (primary N) is 1. The van der Waals surface area contributed by atoms with Gasteiger partial charge in [0.15, 0.2) is 0 Å². The predicted octanol–water partition coefficient (Wildman–Crippen LogP) is 2.64. The quantitative estimate of drug-likeness (QED) is 0.415. The lowest BCUT2D eigenvalue weighted by Crippen LogP contribution is -2.12. The molecule has 1 aromatic carbocycles. The zero-order valence-electron chi connectivity index (χ0n) is 11.4. The lowest BCUT2D eigenvalue weighted by Gasteiger charge is -2.07. The molecule has 6 nitrogen and oxygen atoms in total. The number of amides is 1. The number of hydrogen-bond acceptors (Lipinski definition) is 5. The zero-order valence-corrected chi connectivity index (χ0v) is 12.2. The molecule has 0 saturated carbocycles. The second-order valence-corrected chi connectivity index (χ2v) is 5.32. The van der Waals surface area contributed by atoms with Crippen LogP contribution < -0.4 is 11.1 Å². The third kappa shape index (κ3) is 5.08. The molecule has 0 heterocycles. The van der Waals surface area contributed by atoms with Crippen LogP contribution in [0.4, 0.5) is 11.4 Å². The van der Waals surface area contributed by atoms with Gasteiger partial charge in [-0.2, -0.15) is 11.8 Å². The summed E-state index contributed by atoms with van der Waals surface area (Å²) in [5, 5.41) is 14.0. The van der Waals surface area contributed by atoms with E-state index in [2.05, 4.69) is 11.6 Å². The molecule has 0 aliphatic heterocycles. The number of thioether (sulfide) groups is 1. The number of anilines is 1. The summed E-state index contributed by atoms with van der Waals surface area (Å²) in [4.78, 5) is 21.5. The molecule has 3 N–H and O–H groups in total. The zero-order chi connectivity index (χ0) is 15.0. The molecule has 0 unspecified atom stereocenters. The summed E-state index contributed by atoms with van der Waals surface area (Å²) in [6.45, 7) is 0.672. The van der Waals surface area contributed by atoms with E-state index in [0.717, 1.165) is 25.0 Å². The Bertz CT molecular complexity index is 480. The summed E-state index contributed by atoms with van der Waals surface area (Å²) in [5.41, 5.74) is 5.56. The van der Waals surface area contributed by atoms with Crippen molar-refractivity contribution in [1.82, 2.24) is 0 Å². The number of nitro benzene ring substituents is 1. The number of primary amides is 1. The lowest BCUT2D eigenvalue weighted by atomic mass is 10.1. The van der Waals surface area contributed by atoms with Gasteiger partial charge >= 0.3 is 0 Å². The van der Waals surface area contributed by atoms with Gasteiger partial charge in [0.2, 0.25) is 5.91 Å². The van der Waals surface area contributed by atoms with Gasteiger partial charge in [0.05, 0.1) is 4.92 Å². The molecule has 0 fully saturated rings. The minimum Gasteiger partial charge on any atom is -0.379 e. The highest BCUT2D eigenvalue weighted by atomic mass is 32.2. The molecule has 1 rings (SSSR count). The average Bonchev–Trinajstić information content (AvgIpc) is 2.42. The predicted molar refractivity (Wildman–Crippen MR) is 82.3 cm³/mol. The number of rotatable bonds is 9. The van der Waals surface area contributed by atoms with Crippen LogP contribution >= 0.6 is 11.8 Å². The van der Waals surface area contributed by atoms with Crippen molar-refractivity contribution in [3.8, 4) is 0 Å². The molecule has 0 radical (unpaired) electrons. The van der Waals surface area contributed by atoms with E-state index in [9.17, 15) is 14.9 Å². The van der Waals surface area contributed by atoms with Crippen molar-refractivity contribution in [2.24, 2.45) is 5.73 Å². The molecule has 7 heteroatoms. The van der Waals surface area contributed by atoms with E-state index in [-0.39, 0.29) is 11.3 Å². The first-order chi connectivity index (χ1) is 9.56. The van der Waals surface area contributed by atoms with Crippen LogP contribution in [-0.2, 0) is 0 Å². The first-order valence-electron chi connectivity index (χ1n) is 6.37. The first kappa shape index (κ1) is 16.3. The molecular formula is C13H19N3O3S. The Balaban J connectivity index is 2.60. The maximum Gasteiger partial charge on any atom is 0.293 e. The second-order valence-electron chi connectivity index (χ2n) is 4.33. The Labute approximate surface area is 122 Å². The molecule has 0 aliphatic carbocycles. The Hall–Kier alpha value is -1.76. The lowest BCUT2D eigenvalue weighted by molar-refractivity contribution is -0.384. The van der Waals surface area contributed by atoms with Crippen LogP contribution in [0, 0.1) is 10.1 Å².